The van der Waals surface area contributed by atoms with E-state index < -0.39 is 0 Å². The van der Waals surface area contributed by atoms with Crippen LogP contribution in [0.5, 0.6) is 0 Å². The lowest BCUT2D eigenvalue weighted by Crippen LogP contribution is -2.28. The van der Waals surface area contributed by atoms with E-state index in [4.69, 9.17) is 9.47 Å². The molecule has 0 fully saturated rings. The lowest BCUT2D eigenvalue weighted by molar-refractivity contribution is -0.119. The molecule has 0 aromatic heterocycles. The van der Waals surface area contributed by atoms with Gasteiger partial charge in [0, 0.05) is 25.3 Å². The number of carbonyl (C=O) groups is 1. The van der Waals surface area contributed by atoms with Gasteiger partial charge in [0.05, 0.1) is 19.8 Å². The Labute approximate surface area is 120 Å². The van der Waals surface area contributed by atoms with Crippen molar-refractivity contribution < 1.29 is 14.3 Å². The summed E-state index contributed by atoms with van der Waals surface area (Å²) >= 11 is 0. The summed E-state index contributed by atoms with van der Waals surface area (Å²) in [5.74, 6) is -0.0570. The van der Waals surface area contributed by atoms with E-state index in [2.05, 4.69) is 10.6 Å². The van der Waals surface area contributed by atoms with Gasteiger partial charge in [0.25, 0.3) is 0 Å². The average molecular weight is 280 g/mol. The third-order valence-electron chi connectivity index (χ3n) is 2.85. The Hall–Kier alpha value is -1.43. The van der Waals surface area contributed by atoms with Crippen LogP contribution in [0.3, 0.4) is 0 Å². The van der Waals surface area contributed by atoms with Crippen molar-refractivity contribution in [3.8, 4) is 0 Å². The van der Waals surface area contributed by atoms with Gasteiger partial charge in [0.1, 0.15) is 0 Å². The number of hydrogen-bond acceptors (Lipinski definition) is 4. The van der Waals surface area contributed by atoms with Gasteiger partial charge in [-0.3, -0.25) is 4.79 Å². The second kappa shape index (κ2) is 9.47. The molecule has 0 spiro atoms. The maximum Gasteiger partial charge on any atom is 0.228 e. The lowest BCUT2D eigenvalue weighted by Gasteiger charge is -2.12. The van der Waals surface area contributed by atoms with Crippen LogP contribution in [0.25, 0.3) is 0 Å². The monoisotopic (exact) mass is 280 g/mol. The molecule has 0 heterocycles. The van der Waals surface area contributed by atoms with Crippen molar-refractivity contribution in [2.45, 2.75) is 13.5 Å². The first-order chi connectivity index (χ1) is 9.67. The lowest BCUT2D eigenvalue weighted by atomic mass is 10.1. The minimum atomic E-state index is -0.0680. The number of rotatable bonds is 9. The van der Waals surface area contributed by atoms with Crippen LogP contribution in [-0.4, -0.2) is 39.8 Å². The van der Waals surface area contributed by atoms with Gasteiger partial charge in [-0.25, -0.2) is 0 Å². The summed E-state index contributed by atoms with van der Waals surface area (Å²) in [5.41, 5.74) is 1.82. The molecule has 1 unspecified atom stereocenters. The summed E-state index contributed by atoms with van der Waals surface area (Å²) < 4.78 is 10.4. The third-order valence-corrected chi connectivity index (χ3v) is 2.85. The van der Waals surface area contributed by atoms with Crippen molar-refractivity contribution in [3.05, 3.63) is 29.8 Å². The Balaban J connectivity index is 2.48. The summed E-state index contributed by atoms with van der Waals surface area (Å²) in [6.45, 7) is 4.21. The molecule has 0 saturated carbocycles. The Morgan fingerprint density at radius 3 is 2.85 bits per heavy atom. The van der Waals surface area contributed by atoms with Crippen LogP contribution in [0.15, 0.2) is 24.3 Å². The molecule has 0 aliphatic heterocycles. The minimum absolute atomic E-state index is 0.0109. The summed E-state index contributed by atoms with van der Waals surface area (Å²) in [5, 5.41) is 5.90. The predicted molar refractivity (Wildman–Crippen MR) is 79.7 cm³/mol. The predicted octanol–water partition coefficient (Wildman–Crippen LogP) is 1.64. The first kappa shape index (κ1) is 16.6. The van der Waals surface area contributed by atoms with E-state index in [1.165, 1.54) is 0 Å². The third kappa shape index (κ3) is 6.14. The zero-order valence-electron chi connectivity index (χ0n) is 12.4. The zero-order chi connectivity index (χ0) is 14.8. The molecular weight excluding hydrogens is 256 g/mol. The number of nitrogens with one attached hydrogen (secondary N) is 2. The van der Waals surface area contributed by atoms with Crippen molar-refractivity contribution in [2.75, 3.05) is 39.2 Å². The number of anilines is 1. The van der Waals surface area contributed by atoms with Gasteiger partial charge in [-0.1, -0.05) is 19.1 Å². The molecule has 1 atom stereocenters. The second-order valence-corrected chi connectivity index (χ2v) is 4.69. The second-order valence-electron chi connectivity index (χ2n) is 4.69. The van der Waals surface area contributed by atoms with Crippen molar-refractivity contribution >= 4 is 11.6 Å². The molecule has 0 aliphatic rings. The van der Waals surface area contributed by atoms with Crippen molar-refractivity contribution in [3.63, 3.8) is 0 Å². The minimum Gasteiger partial charge on any atom is -0.382 e. The van der Waals surface area contributed by atoms with Gasteiger partial charge in [0.2, 0.25) is 5.91 Å². The van der Waals surface area contributed by atoms with Crippen LogP contribution >= 0.6 is 0 Å². The molecule has 0 saturated heterocycles. The highest BCUT2D eigenvalue weighted by Gasteiger charge is 2.11. The van der Waals surface area contributed by atoms with Crippen LogP contribution in [0, 0.1) is 5.92 Å². The van der Waals surface area contributed by atoms with Gasteiger partial charge < -0.3 is 20.1 Å². The number of amides is 1. The van der Waals surface area contributed by atoms with Gasteiger partial charge >= 0.3 is 0 Å². The summed E-state index contributed by atoms with van der Waals surface area (Å²) in [6, 6.07) is 7.69. The molecule has 0 bridgehead atoms. The maximum atomic E-state index is 11.9. The SMILES string of the molecule is CNCC(C)C(=O)Nc1cccc(COCCOC)c1. The van der Waals surface area contributed by atoms with Crippen LogP contribution in [0.1, 0.15) is 12.5 Å². The normalized spacial score (nSPS) is 12.2. The van der Waals surface area contributed by atoms with Crippen LogP contribution in [0.4, 0.5) is 5.69 Å². The molecule has 112 valence electrons. The van der Waals surface area contributed by atoms with E-state index in [0.717, 1.165) is 11.3 Å². The van der Waals surface area contributed by atoms with Gasteiger partial charge in [-0.15, -0.1) is 0 Å². The summed E-state index contributed by atoms with van der Waals surface area (Å²) in [7, 11) is 3.48. The highest BCUT2D eigenvalue weighted by Crippen LogP contribution is 2.12. The fourth-order valence-electron chi connectivity index (χ4n) is 1.74. The topological polar surface area (TPSA) is 59.6 Å². The van der Waals surface area contributed by atoms with Crippen LogP contribution < -0.4 is 10.6 Å². The van der Waals surface area contributed by atoms with E-state index in [0.29, 0.717) is 26.4 Å². The van der Waals surface area contributed by atoms with E-state index >= 15 is 0 Å². The van der Waals surface area contributed by atoms with Gasteiger partial charge in [-0.05, 0) is 24.7 Å². The number of carbonyl (C=O) groups excluding carboxylic acids is 1. The molecule has 0 aliphatic carbocycles. The molecule has 0 radical (unpaired) electrons. The Morgan fingerprint density at radius 1 is 1.35 bits per heavy atom. The number of methoxy groups -OCH3 is 1. The summed E-state index contributed by atoms with van der Waals surface area (Å²) in [4.78, 5) is 11.9. The van der Waals surface area contributed by atoms with E-state index in [1.54, 1.807) is 7.11 Å². The molecular formula is C15H24N2O3. The highest BCUT2D eigenvalue weighted by molar-refractivity contribution is 5.92. The molecule has 5 heteroatoms. The zero-order valence-corrected chi connectivity index (χ0v) is 12.4. The molecule has 1 aromatic carbocycles. The Morgan fingerprint density at radius 2 is 2.15 bits per heavy atom. The molecule has 2 N–H and O–H groups in total. The number of ether oxygens (including phenoxy) is 2. The van der Waals surface area contributed by atoms with Crippen molar-refractivity contribution in [2.24, 2.45) is 5.92 Å². The standard InChI is InChI=1S/C15H24N2O3/c1-12(10-16-2)15(18)17-14-6-4-5-13(9-14)11-20-8-7-19-3/h4-6,9,12,16H,7-8,10-11H2,1-3H3,(H,17,18). The fourth-order valence-corrected chi connectivity index (χ4v) is 1.74. The molecule has 1 amide bonds. The molecule has 5 nitrogen and oxygen atoms in total. The maximum absolute atomic E-state index is 11.9. The van der Waals surface area contributed by atoms with Crippen molar-refractivity contribution in [1.82, 2.24) is 5.32 Å². The van der Waals surface area contributed by atoms with Gasteiger partial charge in [-0.2, -0.15) is 0 Å². The molecule has 1 rings (SSSR count). The first-order valence-corrected chi connectivity index (χ1v) is 6.78. The van der Waals surface area contributed by atoms with Crippen molar-refractivity contribution in [1.29, 1.82) is 0 Å². The molecule has 20 heavy (non-hydrogen) atoms. The molecule has 1 aromatic rings. The van der Waals surface area contributed by atoms with E-state index in [-0.39, 0.29) is 11.8 Å². The van der Waals surface area contributed by atoms with Crippen LogP contribution in [0.2, 0.25) is 0 Å². The van der Waals surface area contributed by atoms with Crippen LogP contribution in [-0.2, 0) is 20.9 Å². The quantitative estimate of drug-likeness (QED) is 0.675. The number of benzene rings is 1. The largest absolute Gasteiger partial charge is 0.382 e. The van der Waals surface area contributed by atoms with Gasteiger partial charge in [0.15, 0.2) is 0 Å². The highest BCUT2D eigenvalue weighted by atomic mass is 16.5. The average Bonchev–Trinajstić information content (AvgIpc) is 2.44. The number of hydrogen-bond donors (Lipinski definition) is 2. The Kier molecular flexibility index (Phi) is 7.87. The fraction of sp³-hybridized carbons (Fsp3) is 0.533. The first-order valence-electron chi connectivity index (χ1n) is 6.78. The smallest absolute Gasteiger partial charge is 0.228 e. The summed E-state index contributed by atoms with van der Waals surface area (Å²) in [6.07, 6.45) is 0. The van der Waals surface area contributed by atoms with E-state index in [1.807, 2.05) is 38.2 Å². The van der Waals surface area contributed by atoms with E-state index in [9.17, 15) is 4.79 Å². The Bertz CT molecular complexity index is 410.